The van der Waals surface area contributed by atoms with Crippen molar-refractivity contribution in [1.29, 1.82) is 0 Å². The van der Waals surface area contributed by atoms with Gasteiger partial charge in [0.2, 0.25) is 0 Å². The average Bonchev–Trinajstić information content (AvgIpc) is 2.74. The standard InChI is InChI=1S/C22H22N2O4S/c1-3-16-7-6-8-18(15-16)23-22(25)17-11-13-19(14-12-17)29(26,27)24-20-9-4-5-10-21(20)28-2/h4-15,24H,3H2,1-2H3,(H,23,25). The van der Waals surface area contributed by atoms with Crippen LogP contribution in [-0.2, 0) is 16.4 Å². The fourth-order valence-electron chi connectivity index (χ4n) is 2.79. The Morgan fingerprint density at radius 2 is 1.69 bits per heavy atom. The van der Waals surface area contributed by atoms with Crippen LogP contribution >= 0.6 is 0 Å². The second-order valence-corrected chi connectivity index (χ2v) is 8.02. The summed E-state index contributed by atoms with van der Waals surface area (Å²) in [4.78, 5) is 12.5. The van der Waals surface area contributed by atoms with Gasteiger partial charge in [0.1, 0.15) is 5.75 Å². The van der Waals surface area contributed by atoms with Gasteiger partial charge in [0.25, 0.3) is 15.9 Å². The summed E-state index contributed by atoms with van der Waals surface area (Å²) in [5, 5.41) is 2.83. The first-order valence-corrected chi connectivity index (χ1v) is 10.6. The van der Waals surface area contributed by atoms with Gasteiger partial charge in [0, 0.05) is 11.3 Å². The number of rotatable bonds is 7. The molecule has 6 nitrogen and oxygen atoms in total. The molecule has 2 N–H and O–H groups in total. The summed E-state index contributed by atoms with van der Waals surface area (Å²) in [6, 6.07) is 20.1. The van der Waals surface area contributed by atoms with E-state index >= 15 is 0 Å². The molecule has 0 aromatic heterocycles. The fraction of sp³-hybridized carbons (Fsp3) is 0.136. The minimum absolute atomic E-state index is 0.0490. The zero-order valence-electron chi connectivity index (χ0n) is 16.2. The lowest BCUT2D eigenvalue weighted by atomic mass is 10.1. The highest BCUT2D eigenvalue weighted by molar-refractivity contribution is 7.92. The van der Waals surface area contributed by atoms with Gasteiger partial charge in [-0.05, 0) is 60.5 Å². The number of sulfonamides is 1. The molecule has 1 amide bonds. The molecule has 0 fully saturated rings. The summed E-state index contributed by atoms with van der Waals surface area (Å²) >= 11 is 0. The van der Waals surface area contributed by atoms with E-state index < -0.39 is 10.0 Å². The molecule has 0 unspecified atom stereocenters. The molecule has 0 saturated heterocycles. The molecule has 0 aliphatic heterocycles. The molecule has 0 atom stereocenters. The zero-order chi connectivity index (χ0) is 20.9. The molecule has 3 rings (SSSR count). The smallest absolute Gasteiger partial charge is 0.262 e. The SMILES string of the molecule is CCc1cccc(NC(=O)c2ccc(S(=O)(=O)Nc3ccccc3OC)cc2)c1. The van der Waals surface area contributed by atoms with Crippen LogP contribution in [0.15, 0.2) is 77.7 Å². The van der Waals surface area contributed by atoms with Crippen LogP contribution in [0.5, 0.6) is 5.75 Å². The molecule has 0 spiro atoms. The van der Waals surface area contributed by atoms with Gasteiger partial charge in [-0.2, -0.15) is 0 Å². The van der Waals surface area contributed by atoms with Crippen LogP contribution in [-0.4, -0.2) is 21.4 Å². The van der Waals surface area contributed by atoms with Gasteiger partial charge >= 0.3 is 0 Å². The molecule has 0 saturated carbocycles. The average molecular weight is 410 g/mol. The van der Waals surface area contributed by atoms with Crippen molar-refractivity contribution in [3.63, 3.8) is 0 Å². The second-order valence-electron chi connectivity index (χ2n) is 6.34. The Hall–Kier alpha value is -3.32. The Kier molecular flexibility index (Phi) is 6.19. The summed E-state index contributed by atoms with van der Waals surface area (Å²) in [6.45, 7) is 2.04. The second kappa shape index (κ2) is 8.79. The third-order valence-corrected chi connectivity index (χ3v) is 5.75. The number of ether oxygens (including phenoxy) is 1. The number of anilines is 2. The number of benzene rings is 3. The Labute approximate surface area is 170 Å². The van der Waals surface area contributed by atoms with Crippen LogP contribution in [0.25, 0.3) is 0 Å². The lowest BCUT2D eigenvalue weighted by molar-refractivity contribution is 0.102. The van der Waals surface area contributed by atoms with Gasteiger partial charge in [0.15, 0.2) is 0 Å². The first kappa shape index (κ1) is 20.4. The Morgan fingerprint density at radius 3 is 2.38 bits per heavy atom. The first-order valence-electron chi connectivity index (χ1n) is 9.09. The van der Waals surface area contributed by atoms with Gasteiger partial charge in [-0.25, -0.2) is 8.42 Å². The Balaban J connectivity index is 1.75. The molecule has 0 heterocycles. The Bertz CT molecular complexity index is 1110. The van der Waals surface area contributed by atoms with Crippen molar-refractivity contribution < 1.29 is 17.9 Å². The molecule has 0 aliphatic rings. The molecule has 7 heteroatoms. The number of nitrogens with one attached hydrogen (secondary N) is 2. The number of para-hydroxylation sites is 2. The van der Waals surface area contributed by atoms with E-state index in [9.17, 15) is 13.2 Å². The van der Waals surface area contributed by atoms with Gasteiger partial charge in [-0.3, -0.25) is 9.52 Å². The van der Waals surface area contributed by atoms with E-state index in [-0.39, 0.29) is 10.8 Å². The highest BCUT2D eigenvalue weighted by atomic mass is 32.2. The van der Waals surface area contributed by atoms with Crippen molar-refractivity contribution in [1.82, 2.24) is 0 Å². The summed E-state index contributed by atoms with van der Waals surface area (Å²) in [5.74, 6) is 0.112. The molecule has 150 valence electrons. The number of amides is 1. The largest absolute Gasteiger partial charge is 0.495 e. The predicted molar refractivity (Wildman–Crippen MR) is 114 cm³/mol. The van der Waals surface area contributed by atoms with Crippen molar-refractivity contribution in [2.24, 2.45) is 0 Å². The van der Waals surface area contributed by atoms with E-state index in [1.54, 1.807) is 24.3 Å². The van der Waals surface area contributed by atoms with Crippen molar-refractivity contribution in [3.05, 3.63) is 83.9 Å². The van der Waals surface area contributed by atoms with Gasteiger partial charge in [-0.1, -0.05) is 31.2 Å². The molecule has 0 aliphatic carbocycles. The predicted octanol–water partition coefficient (Wildman–Crippen LogP) is 4.31. The van der Waals surface area contributed by atoms with Crippen molar-refractivity contribution >= 4 is 27.3 Å². The number of aryl methyl sites for hydroxylation is 1. The number of hydrogen-bond acceptors (Lipinski definition) is 4. The maximum Gasteiger partial charge on any atom is 0.262 e. The molecule has 3 aromatic rings. The van der Waals surface area contributed by atoms with Crippen LogP contribution in [0.2, 0.25) is 0 Å². The van der Waals surface area contributed by atoms with Crippen molar-refractivity contribution in [2.45, 2.75) is 18.2 Å². The third-order valence-electron chi connectivity index (χ3n) is 4.37. The highest BCUT2D eigenvalue weighted by Crippen LogP contribution is 2.26. The van der Waals surface area contributed by atoms with Gasteiger partial charge in [0.05, 0.1) is 17.7 Å². The molecule has 29 heavy (non-hydrogen) atoms. The summed E-state index contributed by atoms with van der Waals surface area (Å²) < 4.78 is 33.0. The first-order chi connectivity index (χ1) is 13.9. The van der Waals surface area contributed by atoms with Crippen molar-refractivity contribution in [3.8, 4) is 5.75 Å². The lowest BCUT2D eigenvalue weighted by Crippen LogP contribution is -2.15. The van der Waals surface area contributed by atoms with Crippen LogP contribution in [0, 0.1) is 0 Å². The maximum atomic E-state index is 12.6. The van der Waals surface area contributed by atoms with Crippen molar-refractivity contribution in [2.75, 3.05) is 17.1 Å². The third kappa shape index (κ3) is 4.94. The number of carbonyl (C=O) groups is 1. The topological polar surface area (TPSA) is 84.5 Å². The maximum absolute atomic E-state index is 12.6. The molecular formula is C22H22N2O4S. The molecule has 3 aromatic carbocycles. The minimum Gasteiger partial charge on any atom is -0.495 e. The number of hydrogen-bond donors (Lipinski definition) is 2. The molecule has 0 radical (unpaired) electrons. The minimum atomic E-state index is -3.82. The van der Waals surface area contributed by atoms with Crippen LogP contribution in [0.1, 0.15) is 22.8 Å². The monoisotopic (exact) mass is 410 g/mol. The van der Waals surface area contributed by atoms with Gasteiger partial charge in [-0.15, -0.1) is 0 Å². The van der Waals surface area contributed by atoms with Crippen LogP contribution in [0.3, 0.4) is 0 Å². The van der Waals surface area contributed by atoms with E-state index in [0.29, 0.717) is 22.7 Å². The van der Waals surface area contributed by atoms with E-state index in [1.165, 1.54) is 31.4 Å². The van der Waals surface area contributed by atoms with E-state index in [2.05, 4.69) is 10.0 Å². The van der Waals surface area contributed by atoms with E-state index in [4.69, 9.17) is 4.74 Å². The summed E-state index contributed by atoms with van der Waals surface area (Å²) in [7, 11) is -2.35. The summed E-state index contributed by atoms with van der Waals surface area (Å²) in [5.41, 5.74) is 2.52. The fourth-order valence-corrected chi connectivity index (χ4v) is 3.86. The number of methoxy groups -OCH3 is 1. The van der Waals surface area contributed by atoms with E-state index in [0.717, 1.165) is 12.0 Å². The normalized spacial score (nSPS) is 11.0. The molecule has 0 bridgehead atoms. The van der Waals surface area contributed by atoms with Crippen LogP contribution in [0.4, 0.5) is 11.4 Å². The Morgan fingerprint density at radius 1 is 0.966 bits per heavy atom. The zero-order valence-corrected chi connectivity index (χ0v) is 17.0. The van der Waals surface area contributed by atoms with Crippen LogP contribution < -0.4 is 14.8 Å². The van der Waals surface area contributed by atoms with Gasteiger partial charge < -0.3 is 10.1 Å². The quantitative estimate of drug-likeness (QED) is 0.608. The lowest BCUT2D eigenvalue weighted by Gasteiger charge is -2.12. The van der Waals surface area contributed by atoms with E-state index in [1.807, 2.05) is 31.2 Å². The highest BCUT2D eigenvalue weighted by Gasteiger charge is 2.17. The summed E-state index contributed by atoms with van der Waals surface area (Å²) in [6.07, 6.45) is 0.871. The number of carbonyl (C=O) groups excluding carboxylic acids is 1. The molecular weight excluding hydrogens is 388 g/mol.